The Hall–Kier alpha value is -0.120. The molecule has 0 aromatic heterocycles. The van der Waals surface area contributed by atoms with E-state index in [-0.39, 0.29) is 5.41 Å². The second-order valence-electron chi connectivity index (χ2n) is 6.63. The summed E-state index contributed by atoms with van der Waals surface area (Å²) in [5.41, 5.74) is -1.79. The summed E-state index contributed by atoms with van der Waals surface area (Å²) in [5, 5.41) is 10.6. The Morgan fingerprint density at radius 1 is 0.947 bits per heavy atom. The van der Waals surface area contributed by atoms with Crippen LogP contribution in [0.3, 0.4) is 0 Å². The minimum Gasteiger partial charge on any atom is -0.387 e. The van der Waals surface area contributed by atoms with Gasteiger partial charge < -0.3 is 5.11 Å². The van der Waals surface area contributed by atoms with Crippen LogP contribution >= 0.6 is 0 Å². The van der Waals surface area contributed by atoms with Gasteiger partial charge in [0, 0.05) is 0 Å². The molecule has 3 nitrogen and oxygen atoms in total. The van der Waals surface area contributed by atoms with E-state index in [1.165, 1.54) is 0 Å². The average Bonchev–Trinajstić information content (AvgIpc) is 2.27. The van der Waals surface area contributed by atoms with Crippen LogP contribution in [-0.4, -0.2) is 22.9 Å². The van der Waals surface area contributed by atoms with Crippen molar-refractivity contribution in [2.45, 2.75) is 91.8 Å². The second kappa shape index (κ2) is 7.61. The molecule has 0 rings (SSSR count). The number of unbranched alkanes of at least 4 members (excludes halogenated alkanes) is 1. The molecule has 1 unspecified atom stereocenters. The molecular weight excluding hydrogens is 240 g/mol. The molecule has 0 aliphatic carbocycles. The van der Waals surface area contributed by atoms with Crippen molar-refractivity contribution in [1.29, 1.82) is 0 Å². The maximum Gasteiger partial charge on any atom is 0.136 e. The highest BCUT2D eigenvalue weighted by atomic mass is 17.2. The maximum atomic E-state index is 10.6. The summed E-state index contributed by atoms with van der Waals surface area (Å²) in [6, 6.07) is 0. The van der Waals surface area contributed by atoms with Crippen LogP contribution in [0.15, 0.2) is 0 Å². The minimum absolute atomic E-state index is 0.152. The summed E-state index contributed by atoms with van der Waals surface area (Å²) in [7, 11) is 0. The molecule has 0 fully saturated rings. The third-order valence-corrected chi connectivity index (χ3v) is 4.24. The Morgan fingerprint density at radius 3 is 1.89 bits per heavy atom. The van der Waals surface area contributed by atoms with Crippen molar-refractivity contribution < 1.29 is 14.9 Å². The van der Waals surface area contributed by atoms with Gasteiger partial charge in [-0.3, -0.25) is 0 Å². The van der Waals surface area contributed by atoms with Gasteiger partial charge in [-0.1, -0.05) is 47.5 Å². The summed E-state index contributed by atoms with van der Waals surface area (Å²) < 4.78 is 0. The van der Waals surface area contributed by atoms with E-state index in [2.05, 4.69) is 34.6 Å². The van der Waals surface area contributed by atoms with Gasteiger partial charge in [-0.25, -0.2) is 9.78 Å². The van der Waals surface area contributed by atoms with E-state index in [0.29, 0.717) is 6.61 Å². The standard InChI is InChI=1S/C16H34O3/c1-8-11-13-18-19-16(10-3,15(6,7)17)14(4,5)12-9-2/h17H,8-13H2,1-7H3. The Labute approximate surface area is 119 Å². The van der Waals surface area contributed by atoms with Gasteiger partial charge in [0.15, 0.2) is 0 Å². The average molecular weight is 274 g/mol. The maximum absolute atomic E-state index is 10.6. The van der Waals surface area contributed by atoms with Crippen LogP contribution in [0.25, 0.3) is 0 Å². The van der Waals surface area contributed by atoms with Crippen LogP contribution in [0.2, 0.25) is 0 Å². The predicted molar refractivity (Wildman–Crippen MR) is 80.0 cm³/mol. The van der Waals surface area contributed by atoms with E-state index in [0.717, 1.165) is 32.1 Å². The molecule has 0 heterocycles. The van der Waals surface area contributed by atoms with E-state index in [1.54, 1.807) is 0 Å². The fourth-order valence-electron chi connectivity index (χ4n) is 3.19. The molecule has 0 bridgehead atoms. The van der Waals surface area contributed by atoms with Crippen LogP contribution < -0.4 is 0 Å². The third kappa shape index (κ3) is 4.44. The lowest BCUT2D eigenvalue weighted by Gasteiger charge is -2.51. The van der Waals surface area contributed by atoms with Crippen molar-refractivity contribution in [2.24, 2.45) is 5.41 Å². The van der Waals surface area contributed by atoms with Gasteiger partial charge in [0.05, 0.1) is 12.2 Å². The summed E-state index contributed by atoms with van der Waals surface area (Å²) in [4.78, 5) is 11.2. The third-order valence-electron chi connectivity index (χ3n) is 4.24. The second-order valence-corrected chi connectivity index (χ2v) is 6.63. The predicted octanol–water partition coefficient (Wildman–Crippen LogP) is 4.48. The lowest BCUT2D eigenvalue weighted by Crippen LogP contribution is -2.61. The molecule has 0 aromatic rings. The largest absolute Gasteiger partial charge is 0.387 e. The highest BCUT2D eigenvalue weighted by Crippen LogP contribution is 2.47. The van der Waals surface area contributed by atoms with Crippen molar-refractivity contribution in [1.82, 2.24) is 0 Å². The van der Waals surface area contributed by atoms with E-state index in [4.69, 9.17) is 9.78 Å². The Morgan fingerprint density at radius 2 is 1.53 bits per heavy atom. The molecule has 0 spiro atoms. The first-order valence-corrected chi connectivity index (χ1v) is 7.71. The molecule has 1 N–H and O–H groups in total. The molecule has 3 heteroatoms. The quantitative estimate of drug-likeness (QED) is 0.362. The first-order valence-electron chi connectivity index (χ1n) is 7.71. The van der Waals surface area contributed by atoms with E-state index in [1.807, 2.05) is 13.8 Å². The van der Waals surface area contributed by atoms with Gasteiger partial charge in [0.25, 0.3) is 0 Å². The van der Waals surface area contributed by atoms with Crippen LogP contribution in [0, 0.1) is 5.41 Å². The number of hydrogen-bond donors (Lipinski definition) is 1. The molecule has 116 valence electrons. The lowest BCUT2D eigenvalue weighted by molar-refractivity contribution is -0.417. The molecule has 0 amide bonds. The van der Waals surface area contributed by atoms with Gasteiger partial charge >= 0.3 is 0 Å². The molecule has 0 aliphatic rings. The SMILES string of the molecule is CCCCOOC(CC)(C(C)(C)O)C(C)(C)CCC. The molecule has 0 radical (unpaired) electrons. The van der Waals surface area contributed by atoms with E-state index < -0.39 is 11.2 Å². The molecule has 0 aromatic carbocycles. The lowest BCUT2D eigenvalue weighted by atomic mass is 9.63. The van der Waals surface area contributed by atoms with Crippen molar-refractivity contribution in [3.8, 4) is 0 Å². The molecule has 19 heavy (non-hydrogen) atoms. The first kappa shape index (κ1) is 18.9. The zero-order valence-electron chi connectivity index (χ0n) is 14.0. The van der Waals surface area contributed by atoms with Crippen molar-refractivity contribution in [3.63, 3.8) is 0 Å². The monoisotopic (exact) mass is 274 g/mol. The van der Waals surface area contributed by atoms with Crippen molar-refractivity contribution >= 4 is 0 Å². The molecule has 0 aliphatic heterocycles. The van der Waals surface area contributed by atoms with E-state index >= 15 is 0 Å². The fraction of sp³-hybridized carbons (Fsp3) is 1.00. The summed E-state index contributed by atoms with van der Waals surface area (Å²) in [6.45, 7) is 14.9. The first-order chi connectivity index (χ1) is 8.68. The highest BCUT2D eigenvalue weighted by molar-refractivity contribution is 5.03. The van der Waals surface area contributed by atoms with E-state index in [9.17, 15) is 5.11 Å². The van der Waals surface area contributed by atoms with Gasteiger partial charge in [-0.05, 0) is 38.5 Å². The Balaban J connectivity index is 5.11. The van der Waals surface area contributed by atoms with Gasteiger partial charge in [0.2, 0.25) is 0 Å². The van der Waals surface area contributed by atoms with Crippen LogP contribution in [0.4, 0.5) is 0 Å². The topological polar surface area (TPSA) is 38.7 Å². The number of aliphatic hydroxyl groups is 1. The molecule has 1 atom stereocenters. The number of hydrogen-bond acceptors (Lipinski definition) is 3. The van der Waals surface area contributed by atoms with Crippen molar-refractivity contribution in [3.05, 3.63) is 0 Å². The molecule has 0 saturated carbocycles. The van der Waals surface area contributed by atoms with Gasteiger partial charge in [-0.15, -0.1) is 0 Å². The smallest absolute Gasteiger partial charge is 0.136 e. The zero-order chi connectivity index (χ0) is 15.2. The van der Waals surface area contributed by atoms with Crippen molar-refractivity contribution in [2.75, 3.05) is 6.61 Å². The normalized spacial score (nSPS) is 16.4. The van der Waals surface area contributed by atoms with Gasteiger partial charge in [-0.2, -0.15) is 0 Å². The Kier molecular flexibility index (Phi) is 7.56. The van der Waals surface area contributed by atoms with Crippen LogP contribution in [0.1, 0.15) is 80.6 Å². The zero-order valence-corrected chi connectivity index (χ0v) is 14.0. The van der Waals surface area contributed by atoms with Crippen LogP contribution in [-0.2, 0) is 9.78 Å². The molecule has 0 saturated heterocycles. The van der Waals surface area contributed by atoms with Gasteiger partial charge in [0.1, 0.15) is 5.60 Å². The molecular formula is C16H34O3. The summed E-state index contributed by atoms with van der Waals surface area (Å²) in [6.07, 6.45) is 4.81. The minimum atomic E-state index is -0.952. The number of rotatable bonds is 10. The highest BCUT2D eigenvalue weighted by Gasteiger charge is 2.55. The Bertz CT molecular complexity index is 243. The van der Waals surface area contributed by atoms with Crippen LogP contribution in [0.5, 0.6) is 0 Å². The fourth-order valence-corrected chi connectivity index (χ4v) is 3.19. The summed E-state index contributed by atoms with van der Waals surface area (Å²) in [5.74, 6) is 0. The summed E-state index contributed by atoms with van der Waals surface area (Å²) >= 11 is 0.